The van der Waals surface area contributed by atoms with Gasteiger partial charge in [0.25, 0.3) is 5.91 Å². The van der Waals surface area contributed by atoms with Crippen LogP contribution in [0.3, 0.4) is 0 Å². The van der Waals surface area contributed by atoms with Crippen LogP contribution in [-0.2, 0) is 9.53 Å². The molecule has 268 valence electrons. The Kier molecular flexibility index (Phi) is 11.5. The van der Waals surface area contributed by atoms with Crippen molar-refractivity contribution in [1.29, 1.82) is 0 Å². The molecule has 0 atom stereocenters. The topological polar surface area (TPSA) is 170 Å². The molecule has 1 aromatic carbocycles. The summed E-state index contributed by atoms with van der Waals surface area (Å²) in [6.45, 7) is 15.1. The van der Waals surface area contributed by atoms with Gasteiger partial charge in [-0.15, -0.1) is 0 Å². The van der Waals surface area contributed by atoms with E-state index < -0.39 is 17.4 Å². The summed E-state index contributed by atoms with van der Waals surface area (Å²) < 4.78 is 5.32. The molecule has 2 aromatic heterocycles. The number of piperazine rings is 1. The maximum Gasteiger partial charge on any atom is 0.407 e. The fourth-order valence-corrected chi connectivity index (χ4v) is 6.20. The van der Waals surface area contributed by atoms with Crippen molar-refractivity contribution in [2.24, 2.45) is 10.2 Å². The standard InChI is InChI=1S/C33H44ClN11O4S/c1-21-8-7-9-23(34)28(21)40-29(47)24-19-36-30(50-24)39-25-18-26(38-22(2)37-25)44-16-14-43(15-17-44)20-27(46)45(12-10-33(6)41-42-33)13-11-35-31(48)49-32(3,4)5/h7-9,18-19H,10-17,20H2,1-6H3,(H,35,48)(H,40,47)(H,36,37,38,39). The number of amides is 3. The van der Waals surface area contributed by atoms with Gasteiger partial charge in [-0.25, -0.2) is 19.7 Å². The van der Waals surface area contributed by atoms with Crippen molar-refractivity contribution in [1.82, 2.24) is 30.1 Å². The first-order chi connectivity index (χ1) is 23.7. The van der Waals surface area contributed by atoms with Crippen LogP contribution in [0.25, 0.3) is 0 Å². The largest absolute Gasteiger partial charge is 0.444 e. The summed E-state index contributed by atoms with van der Waals surface area (Å²) in [5, 5.41) is 18.0. The van der Waals surface area contributed by atoms with E-state index in [2.05, 4.69) is 50.9 Å². The van der Waals surface area contributed by atoms with E-state index in [4.69, 9.17) is 16.3 Å². The van der Waals surface area contributed by atoms with Crippen molar-refractivity contribution in [3.05, 3.63) is 51.7 Å². The van der Waals surface area contributed by atoms with E-state index >= 15 is 0 Å². The minimum absolute atomic E-state index is 0.0171. The molecule has 3 N–H and O–H groups in total. The third kappa shape index (κ3) is 10.5. The average Bonchev–Trinajstić information content (AvgIpc) is 3.59. The summed E-state index contributed by atoms with van der Waals surface area (Å²) in [6, 6.07) is 7.30. The zero-order valence-corrected chi connectivity index (χ0v) is 30.8. The number of rotatable bonds is 13. The van der Waals surface area contributed by atoms with Gasteiger partial charge in [-0.05, 0) is 53.2 Å². The Morgan fingerprint density at radius 2 is 1.82 bits per heavy atom. The summed E-state index contributed by atoms with van der Waals surface area (Å²) in [5.74, 6) is 1.59. The van der Waals surface area contributed by atoms with Gasteiger partial charge in [-0.2, -0.15) is 10.2 Å². The first-order valence-electron chi connectivity index (χ1n) is 16.5. The molecule has 0 radical (unpaired) electrons. The van der Waals surface area contributed by atoms with Gasteiger partial charge in [0.2, 0.25) is 5.91 Å². The number of hydrogen-bond donors (Lipinski definition) is 3. The normalized spacial score (nSPS) is 15.4. The maximum atomic E-state index is 13.4. The number of thiazole rings is 1. The van der Waals surface area contributed by atoms with E-state index in [9.17, 15) is 14.4 Å². The van der Waals surface area contributed by atoms with E-state index in [-0.39, 0.29) is 24.9 Å². The zero-order chi connectivity index (χ0) is 36.1. The predicted molar refractivity (Wildman–Crippen MR) is 194 cm³/mol. The van der Waals surface area contributed by atoms with Gasteiger partial charge in [-0.3, -0.25) is 14.5 Å². The number of nitrogens with one attached hydrogen (secondary N) is 3. The average molecular weight is 726 g/mol. The summed E-state index contributed by atoms with van der Waals surface area (Å²) in [4.78, 5) is 58.5. The fraction of sp³-hybridized carbons (Fsp3) is 0.515. The van der Waals surface area contributed by atoms with Crippen molar-refractivity contribution < 1.29 is 19.1 Å². The highest BCUT2D eigenvalue weighted by Gasteiger charge is 2.34. The van der Waals surface area contributed by atoms with Crippen LogP contribution >= 0.6 is 22.9 Å². The Balaban J connectivity index is 1.13. The molecule has 4 heterocycles. The number of benzene rings is 1. The number of ether oxygens (including phenoxy) is 1. The highest BCUT2D eigenvalue weighted by Crippen LogP contribution is 2.31. The second-order valence-corrected chi connectivity index (χ2v) is 14.9. The van der Waals surface area contributed by atoms with Crippen LogP contribution in [-0.4, -0.2) is 106 Å². The number of hydrogen-bond acceptors (Lipinski definition) is 13. The molecule has 0 unspecified atom stereocenters. The van der Waals surface area contributed by atoms with Gasteiger partial charge < -0.3 is 30.5 Å². The number of para-hydroxylation sites is 1. The lowest BCUT2D eigenvalue weighted by atomic mass is 10.2. The quantitative estimate of drug-likeness (QED) is 0.212. The van der Waals surface area contributed by atoms with E-state index in [0.29, 0.717) is 78.1 Å². The number of nitrogens with zero attached hydrogens (tertiary/aromatic N) is 8. The third-order valence-corrected chi connectivity index (χ3v) is 9.23. The monoisotopic (exact) mass is 725 g/mol. The van der Waals surface area contributed by atoms with Crippen molar-refractivity contribution >= 4 is 63.3 Å². The van der Waals surface area contributed by atoms with Crippen LogP contribution in [0.4, 0.5) is 27.2 Å². The molecule has 2 aliphatic rings. The summed E-state index contributed by atoms with van der Waals surface area (Å²) in [6.07, 6.45) is 1.63. The van der Waals surface area contributed by atoms with Crippen molar-refractivity contribution in [3.8, 4) is 0 Å². The van der Waals surface area contributed by atoms with Gasteiger partial charge in [0.1, 0.15) is 27.9 Å². The smallest absolute Gasteiger partial charge is 0.407 e. The summed E-state index contributed by atoms with van der Waals surface area (Å²) >= 11 is 7.49. The molecule has 17 heteroatoms. The SMILES string of the molecule is Cc1nc(Nc2ncc(C(=O)Nc3c(C)cccc3Cl)s2)cc(N2CCN(CC(=O)N(CCNC(=O)OC(C)(C)C)CCC3(C)N=N3)CC2)n1. The van der Waals surface area contributed by atoms with Crippen molar-refractivity contribution in [2.75, 3.05) is 67.9 Å². The van der Waals surface area contributed by atoms with Gasteiger partial charge in [0.15, 0.2) is 10.8 Å². The molecule has 15 nitrogen and oxygen atoms in total. The van der Waals surface area contributed by atoms with E-state index in [1.165, 1.54) is 17.5 Å². The Morgan fingerprint density at radius 3 is 2.50 bits per heavy atom. The second-order valence-electron chi connectivity index (χ2n) is 13.4. The van der Waals surface area contributed by atoms with Gasteiger partial charge in [0.05, 0.1) is 23.5 Å². The molecule has 3 amide bonds. The Morgan fingerprint density at radius 1 is 1.08 bits per heavy atom. The molecule has 0 aliphatic carbocycles. The number of anilines is 4. The molecule has 1 saturated heterocycles. The van der Waals surface area contributed by atoms with Crippen LogP contribution in [0.5, 0.6) is 0 Å². The lowest BCUT2D eigenvalue weighted by Crippen LogP contribution is -2.51. The molecule has 5 rings (SSSR count). The minimum Gasteiger partial charge on any atom is -0.444 e. The highest BCUT2D eigenvalue weighted by molar-refractivity contribution is 7.17. The van der Waals surface area contributed by atoms with Crippen molar-refractivity contribution in [3.63, 3.8) is 0 Å². The number of carbonyl (C=O) groups is 3. The molecule has 2 aliphatic heterocycles. The lowest BCUT2D eigenvalue weighted by Gasteiger charge is -2.36. The second kappa shape index (κ2) is 15.6. The lowest BCUT2D eigenvalue weighted by molar-refractivity contribution is -0.132. The molecule has 1 fully saturated rings. The van der Waals surface area contributed by atoms with Crippen LogP contribution in [0.15, 0.2) is 40.7 Å². The van der Waals surface area contributed by atoms with Crippen molar-refractivity contribution in [2.45, 2.75) is 59.2 Å². The molecular formula is C33H44ClN11O4S. The zero-order valence-electron chi connectivity index (χ0n) is 29.2. The fourth-order valence-electron chi connectivity index (χ4n) is 5.22. The van der Waals surface area contributed by atoms with Gasteiger partial charge in [-0.1, -0.05) is 35.1 Å². The highest BCUT2D eigenvalue weighted by atomic mass is 35.5. The van der Waals surface area contributed by atoms with E-state index in [1.54, 1.807) is 31.7 Å². The van der Waals surface area contributed by atoms with Gasteiger partial charge >= 0.3 is 6.09 Å². The van der Waals surface area contributed by atoms with Crippen LogP contribution in [0.2, 0.25) is 5.02 Å². The van der Waals surface area contributed by atoms with E-state index in [1.807, 2.05) is 39.0 Å². The van der Waals surface area contributed by atoms with Gasteiger partial charge in [0, 0.05) is 58.3 Å². The first kappa shape index (κ1) is 36.9. The molecule has 50 heavy (non-hydrogen) atoms. The number of halogens is 1. The number of aryl methyl sites for hydroxylation is 2. The molecule has 3 aromatic rings. The number of aromatic nitrogens is 3. The minimum atomic E-state index is -0.600. The summed E-state index contributed by atoms with van der Waals surface area (Å²) in [5.41, 5.74) is 0.405. The third-order valence-electron chi connectivity index (χ3n) is 8.00. The number of carbonyl (C=O) groups excluding carboxylic acids is 3. The van der Waals surface area contributed by atoms with Crippen LogP contribution in [0.1, 0.15) is 55.2 Å². The van der Waals surface area contributed by atoms with Crippen LogP contribution in [0, 0.1) is 13.8 Å². The molecule has 0 saturated carbocycles. The Bertz CT molecular complexity index is 1710. The van der Waals surface area contributed by atoms with Crippen LogP contribution < -0.4 is 20.9 Å². The Hall–Kier alpha value is -4.41. The van der Waals surface area contributed by atoms with E-state index in [0.717, 1.165) is 11.4 Å². The maximum absolute atomic E-state index is 13.4. The Labute approximate surface area is 300 Å². The summed E-state index contributed by atoms with van der Waals surface area (Å²) in [7, 11) is 0. The molecule has 0 bridgehead atoms. The first-order valence-corrected chi connectivity index (χ1v) is 17.7. The number of alkyl carbamates (subject to hydrolysis) is 1. The molecule has 0 spiro atoms. The predicted octanol–water partition coefficient (Wildman–Crippen LogP) is 5.25. The molecular weight excluding hydrogens is 682 g/mol.